The van der Waals surface area contributed by atoms with Crippen LogP contribution in [0.5, 0.6) is 0 Å². The van der Waals surface area contributed by atoms with Crippen molar-refractivity contribution in [3.63, 3.8) is 0 Å². The normalized spacial score (nSPS) is 11.5. The highest BCUT2D eigenvalue weighted by Crippen LogP contribution is 2.16. The number of nitrogens with zero attached hydrogens (tertiary/aromatic N) is 3. The van der Waals surface area contributed by atoms with Gasteiger partial charge in [-0.05, 0) is 33.3 Å². The molecule has 0 saturated heterocycles. The average molecular weight is 288 g/mol. The van der Waals surface area contributed by atoms with E-state index in [1.54, 1.807) is 19.9 Å². The molecule has 1 aromatic heterocycles. The molecule has 1 rings (SSSR count). The van der Waals surface area contributed by atoms with Crippen molar-refractivity contribution in [3.8, 4) is 6.07 Å². The van der Waals surface area contributed by atoms with Crippen molar-refractivity contribution in [2.75, 3.05) is 6.54 Å². The van der Waals surface area contributed by atoms with Crippen molar-refractivity contribution in [2.24, 2.45) is 0 Å². The highest BCUT2D eigenvalue weighted by molar-refractivity contribution is 5.88. The summed E-state index contributed by atoms with van der Waals surface area (Å²) in [5.74, 6) is -1.04. The van der Waals surface area contributed by atoms with E-state index < -0.39 is 5.92 Å². The first-order chi connectivity index (χ1) is 9.97. The van der Waals surface area contributed by atoms with Gasteiger partial charge in [0.1, 0.15) is 0 Å². The minimum Gasteiger partial charge on any atom is -0.356 e. The minimum atomic E-state index is -0.960. The van der Waals surface area contributed by atoms with E-state index in [0.717, 1.165) is 11.4 Å². The van der Waals surface area contributed by atoms with E-state index in [1.807, 2.05) is 13.0 Å². The van der Waals surface area contributed by atoms with E-state index in [2.05, 4.69) is 15.3 Å². The average Bonchev–Trinajstić information content (AvgIpc) is 2.38. The Morgan fingerprint density at radius 1 is 1.29 bits per heavy atom. The van der Waals surface area contributed by atoms with Gasteiger partial charge in [0.2, 0.25) is 5.91 Å². The fourth-order valence-corrected chi connectivity index (χ4v) is 2.01. The smallest absolute Gasteiger partial charge is 0.219 e. The van der Waals surface area contributed by atoms with Crippen molar-refractivity contribution in [2.45, 2.75) is 46.0 Å². The van der Waals surface area contributed by atoms with Gasteiger partial charge in [0.25, 0.3) is 0 Å². The van der Waals surface area contributed by atoms with Crippen LogP contribution in [0.1, 0.15) is 49.3 Å². The SMILES string of the molecule is CCNC(=O)CCCC(=O)[C@H](C#N)c1nc(C)cc(C)n1. The van der Waals surface area contributed by atoms with Crippen LogP contribution in [0.3, 0.4) is 0 Å². The topological polar surface area (TPSA) is 95.7 Å². The quantitative estimate of drug-likeness (QED) is 0.821. The third kappa shape index (κ3) is 5.30. The van der Waals surface area contributed by atoms with Crippen molar-refractivity contribution in [1.29, 1.82) is 5.26 Å². The summed E-state index contributed by atoms with van der Waals surface area (Å²) in [6.45, 7) is 6.01. The predicted molar refractivity (Wildman–Crippen MR) is 77.4 cm³/mol. The number of carbonyl (C=O) groups is 2. The fourth-order valence-electron chi connectivity index (χ4n) is 2.01. The lowest BCUT2D eigenvalue weighted by atomic mass is 9.99. The summed E-state index contributed by atoms with van der Waals surface area (Å²) >= 11 is 0. The number of nitrogens with one attached hydrogen (secondary N) is 1. The van der Waals surface area contributed by atoms with Crippen LogP contribution in [-0.4, -0.2) is 28.2 Å². The summed E-state index contributed by atoms with van der Waals surface area (Å²) in [6.07, 6.45) is 0.880. The second kappa shape index (κ2) is 8.10. The maximum Gasteiger partial charge on any atom is 0.219 e. The number of aromatic nitrogens is 2. The Labute approximate surface area is 124 Å². The second-order valence-electron chi connectivity index (χ2n) is 4.84. The predicted octanol–water partition coefficient (Wildman–Crippen LogP) is 1.58. The molecule has 0 radical (unpaired) electrons. The molecule has 0 aliphatic rings. The van der Waals surface area contributed by atoms with Crippen LogP contribution < -0.4 is 5.32 Å². The summed E-state index contributed by atoms with van der Waals surface area (Å²) in [4.78, 5) is 31.7. The van der Waals surface area contributed by atoms with E-state index in [4.69, 9.17) is 0 Å². The maximum absolute atomic E-state index is 12.1. The molecule has 1 amide bonds. The molecule has 1 heterocycles. The molecule has 0 saturated carbocycles. The van der Waals surface area contributed by atoms with Crippen molar-refractivity contribution >= 4 is 11.7 Å². The van der Waals surface area contributed by atoms with Gasteiger partial charge in [0.05, 0.1) is 6.07 Å². The molecule has 0 bridgehead atoms. The Hall–Kier alpha value is -2.29. The molecular formula is C15H20N4O2. The Morgan fingerprint density at radius 2 is 1.90 bits per heavy atom. The third-order valence-corrected chi connectivity index (χ3v) is 2.91. The number of ketones is 1. The van der Waals surface area contributed by atoms with Crippen LogP contribution >= 0.6 is 0 Å². The molecule has 6 heteroatoms. The standard InChI is InChI=1S/C15H20N4O2/c1-4-17-14(21)7-5-6-13(20)12(9-16)15-18-10(2)8-11(3)19-15/h8,12H,4-7H2,1-3H3,(H,17,21)/t12-/m0/s1. The zero-order valence-electron chi connectivity index (χ0n) is 12.6. The number of carbonyl (C=O) groups excluding carboxylic acids is 2. The Balaban J connectivity index is 2.66. The third-order valence-electron chi connectivity index (χ3n) is 2.91. The molecule has 6 nitrogen and oxygen atoms in total. The largest absolute Gasteiger partial charge is 0.356 e. The molecule has 0 aliphatic heterocycles. The number of aryl methyl sites for hydroxylation is 2. The first-order valence-corrected chi connectivity index (χ1v) is 6.99. The van der Waals surface area contributed by atoms with E-state index in [0.29, 0.717) is 13.0 Å². The highest BCUT2D eigenvalue weighted by Gasteiger charge is 2.23. The second-order valence-corrected chi connectivity index (χ2v) is 4.84. The van der Waals surface area contributed by atoms with Crippen LogP contribution in [0.15, 0.2) is 6.07 Å². The van der Waals surface area contributed by atoms with Crippen LogP contribution in [-0.2, 0) is 9.59 Å². The molecule has 0 unspecified atom stereocenters. The molecule has 1 atom stereocenters. The number of amides is 1. The molecule has 21 heavy (non-hydrogen) atoms. The van der Waals surface area contributed by atoms with Gasteiger partial charge < -0.3 is 5.32 Å². The summed E-state index contributed by atoms with van der Waals surface area (Å²) < 4.78 is 0. The summed E-state index contributed by atoms with van der Waals surface area (Å²) in [7, 11) is 0. The van der Waals surface area contributed by atoms with Gasteiger partial charge in [-0.15, -0.1) is 0 Å². The number of Topliss-reactive ketones (excluding diaryl/α,β-unsaturated/α-hetero) is 1. The minimum absolute atomic E-state index is 0.0820. The molecule has 1 aromatic rings. The first-order valence-electron chi connectivity index (χ1n) is 6.99. The van der Waals surface area contributed by atoms with Crippen LogP contribution in [0, 0.1) is 25.2 Å². The molecule has 0 aromatic carbocycles. The summed E-state index contributed by atoms with van der Waals surface area (Å²) in [5.41, 5.74) is 1.46. The van der Waals surface area contributed by atoms with Gasteiger partial charge >= 0.3 is 0 Å². The monoisotopic (exact) mass is 288 g/mol. The number of nitriles is 1. The van der Waals surface area contributed by atoms with Crippen molar-refractivity contribution in [1.82, 2.24) is 15.3 Å². The van der Waals surface area contributed by atoms with Crippen LogP contribution in [0.4, 0.5) is 0 Å². The van der Waals surface area contributed by atoms with E-state index in [9.17, 15) is 14.9 Å². The molecule has 112 valence electrons. The lowest BCUT2D eigenvalue weighted by Crippen LogP contribution is -2.22. The van der Waals surface area contributed by atoms with Gasteiger partial charge in [-0.25, -0.2) is 9.97 Å². The zero-order valence-corrected chi connectivity index (χ0v) is 12.6. The number of hydrogen-bond acceptors (Lipinski definition) is 5. The van der Waals surface area contributed by atoms with Crippen molar-refractivity contribution in [3.05, 3.63) is 23.3 Å². The number of hydrogen-bond donors (Lipinski definition) is 1. The van der Waals surface area contributed by atoms with E-state index in [-0.39, 0.29) is 30.4 Å². The fraction of sp³-hybridized carbons (Fsp3) is 0.533. The number of rotatable bonds is 7. The Kier molecular flexibility index (Phi) is 6.47. The Bertz CT molecular complexity index is 543. The zero-order chi connectivity index (χ0) is 15.8. The highest BCUT2D eigenvalue weighted by atomic mass is 16.1. The maximum atomic E-state index is 12.1. The summed E-state index contributed by atoms with van der Waals surface area (Å²) in [6, 6.07) is 3.75. The summed E-state index contributed by atoms with van der Waals surface area (Å²) in [5, 5.41) is 11.9. The van der Waals surface area contributed by atoms with Gasteiger partial charge in [-0.3, -0.25) is 9.59 Å². The van der Waals surface area contributed by atoms with Gasteiger partial charge in [-0.2, -0.15) is 5.26 Å². The molecule has 0 spiro atoms. The van der Waals surface area contributed by atoms with Crippen molar-refractivity contribution < 1.29 is 9.59 Å². The van der Waals surface area contributed by atoms with Crippen LogP contribution in [0.2, 0.25) is 0 Å². The first kappa shape index (κ1) is 16.8. The molecule has 1 N–H and O–H groups in total. The lowest BCUT2D eigenvalue weighted by Gasteiger charge is -2.08. The molecule has 0 fully saturated rings. The molecular weight excluding hydrogens is 268 g/mol. The lowest BCUT2D eigenvalue weighted by molar-refractivity contribution is -0.121. The van der Waals surface area contributed by atoms with Crippen LogP contribution in [0.25, 0.3) is 0 Å². The van der Waals surface area contributed by atoms with E-state index >= 15 is 0 Å². The van der Waals surface area contributed by atoms with Gasteiger partial charge in [0.15, 0.2) is 17.5 Å². The van der Waals surface area contributed by atoms with E-state index in [1.165, 1.54) is 0 Å². The Morgan fingerprint density at radius 3 is 2.43 bits per heavy atom. The molecule has 0 aliphatic carbocycles. The van der Waals surface area contributed by atoms with Gasteiger partial charge in [0, 0.05) is 30.8 Å². The van der Waals surface area contributed by atoms with Gasteiger partial charge in [-0.1, -0.05) is 0 Å².